The van der Waals surface area contributed by atoms with Crippen LogP contribution in [-0.2, 0) is 19.5 Å². The molecule has 0 saturated carbocycles. The van der Waals surface area contributed by atoms with Crippen molar-refractivity contribution in [2.24, 2.45) is 0 Å². The number of aromatic nitrogens is 3. The van der Waals surface area contributed by atoms with Crippen molar-refractivity contribution in [2.45, 2.75) is 19.5 Å². The van der Waals surface area contributed by atoms with Crippen LogP contribution in [0.15, 0.2) is 72.8 Å². The lowest BCUT2D eigenvalue weighted by Gasteiger charge is -2.06. The topological polar surface area (TPSA) is 52.0 Å². The zero-order chi connectivity index (χ0) is 22.3. The van der Waals surface area contributed by atoms with Crippen molar-refractivity contribution in [3.05, 3.63) is 99.7 Å². The molecule has 4 aromatic rings. The summed E-state index contributed by atoms with van der Waals surface area (Å²) in [6, 6.07) is 23.8. The number of hydrogen-bond donors (Lipinski definition) is 1. The fourth-order valence-electron chi connectivity index (χ4n) is 3.43. The second kappa shape index (κ2) is 10.6. The molecule has 0 atom stereocenters. The molecule has 0 saturated heterocycles. The Balaban J connectivity index is 1.46. The molecule has 0 radical (unpaired) electrons. The Morgan fingerprint density at radius 3 is 2.34 bits per heavy atom. The molecule has 4 rings (SSSR count). The number of ether oxygens (including phenoxy) is 1. The fraction of sp³-hybridized carbons (Fsp3) is 0.200. The number of methoxy groups -OCH3 is 1. The highest BCUT2D eigenvalue weighted by atomic mass is 35.5. The molecule has 32 heavy (non-hydrogen) atoms. The van der Waals surface area contributed by atoms with Crippen molar-refractivity contribution in [1.82, 2.24) is 20.3 Å². The molecule has 1 heterocycles. The van der Waals surface area contributed by atoms with Gasteiger partial charge in [-0.25, -0.2) is 0 Å². The largest absolute Gasteiger partial charge is 0.497 e. The van der Waals surface area contributed by atoms with Crippen LogP contribution < -0.4 is 10.1 Å². The van der Waals surface area contributed by atoms with Crippen molar-refractivity contribution in [1.29, 1.82) is 0 Å². The van der Waals surface area contributed by atoms with Crippen LogP contribution in [-0.4, -0.2) is 28.6 Å². The lowest BCUT2D eigenvalue weighted by molar-refractivity contribution is 0.414. The average Bonchev–Trinajstić information content (AvgIpc) is 3.22. The summed E-state index contributed by atoms with van der Waals surface area (Å²) < 4.78 is 5.22. The molecule has 0 amide bonds. The van der Waals surface area contributed by atoms with E-state index in [2.05, 4.69) is 17.4 Å². The summed E-state index contributed by atoms with van der Waals surface area (Å²) in [5.41, 5.74) is 5.08. The molecular formula is C25H24Cl2N4O. The second-order valence-corrected chi connectivity index (χ2v) is 8.23. The molecule has 0 aliphatic heterocycles. The summed E-state index contributed by atoms with van der Waals surface area (Å²) >= 11 is 12.2. The number of benzene rings is 3. The van der Waals surface area contributed by atoms with Gasteiger partial charge in [-0.15, -0.1) is 0 Å². The number of rotatable bonds is 9. The minimum absolute atomic E-state index is 0.516. The Morgan fingerprint density at radius 2 is 1.62 bits per heavy atom. The van der Waals surface area contributed by atoms with Crippen LogP contribution in [0.5, 0.6) is 5.75 Å². The van der Waals surface area contributed by atoms with Gasteiger partial charge in [0.1, 0.15) is 17.1 Å². The third-order valence-electron chi connectivity index (χ3n) is 5.12. The molecule has 1 aromatic heterocycles. The van der Waals surface area contributed by atoms with Gasteiger partial charge in [-0.1, -0.05) is 71.7 Å². The van der Waals surface area contributed by atoms with Gasteiger partial charge in [0.2, 0.25) is 0 Å². The molecule has 0 spiro atoms. The minimum Gasteiger partial charge on any atom is -0.497 e. The van der Waals surface area contributed by atoms with Gasteiger partial charge in [0, 0.05) is 12.1 Å². The van der Waals surface area contributed by atoms with E-state index in [-0.39, 0.29) is 0 Å². The Morgan fingerprint density at radius 1 is 0.875 bits per heavy atom. The number of hydrogen-bond acceptors (Lipinski definition) is 4. The maximum atomic E-state index is 6.17. The van der Waals surface area contributed by atoms with Crippen LogP contribution in [0.1, 0.15) is 16.8 Å². The zero-order valence-electron chi connectivity index (χ0n) is 17.8. The SMILES string of the molecule is COc1ccc(CCNCc2nn(Cc3ccc(Cl)c(Cl)c3)nc2-c2ccccc2)cc1. The van der Waals surface area contributed by atoms with E-state index in [4.69, 9.17) is 38.1 Å². The monoisotopic (exact) mass is 466 g/mol. The number of halogens is 2. The highest BCUT2D eigenvalue weighted by Gasteiger charge is 2.13. The summed E-state index contributed by atoms with van der Waals surface area (Å²) in [5, 5.41) is 14.1. The quantitative estimate of drug-likeness (QED) is 0.324. The predicted molar refractivity (Wildman–Crippen MR) is 129 cm³/mol. The third-order valence-corrected chi connectivity index (χ3v) is 5.86. The summed E-state index contributed by atoms with van der Waals surface area (Å²) in [5.74, 6) is 0.868. The van der Waals surface area contributed by atoms with Crippen LogP contribution in [0.3, 0.4) is 0 Å². The zero-order valence-corrected chi connectivity index (χ0v) is 19.3. The van der Waals surface area contributed by atoms with E-state index in [1.165, 1.54) is 5.56 Å². The standard InChI is InChI=1S/C25H24Cl2N4O/c1-32-21-10-7-18(8-11-21)13-14-28-16-24-25(20-5-3-2-4-6-20)30-31(29-24)17-19-9-12-22(26)23(27)15-19/h2-12,15,28H,13-14,16-17H2,1H3. The summed E-state index contributed by atoms with van der Waals surface area (Å²) in [4.78, 5) is 1.71. The van der Waals surface area contributed by atoms with Crippen molar-refractivity contribution >= 4 is 23.2 Å². The van der Waals surface area contributed by atoms with E-state index in [0.717, 1.165) is 41.2 Å². The highest BCUT2D eigenvalue weighted by molar-refractivity contribution is 6.42. The van der Waals surface area contributed by atoms with Crippen LogP contribution in [0.25, 0.3) is 11.3 Å². The minimum atomic E-state index is 0.516. The molecule has 0 aliphatic carbocycles. The summed E-state index contributed by atoms with van der Waals surface area (Å²) in [6.07, 6.45) is 0.919. The first-order valence-electron chi connectivity index (χ1n) is 10.4. The molecule has 3 aromatic carbocycles. The van der Waals surface area contributed by atoms with E-state index in [0.29, 0.717) is 23.1 Å². The van der Waals surface area contributed by atoms with E-state index in [1.54, 1.807) is 18.0 Å². The van der Waals surface area contributed by atoms with Gasteiger partial charge in [-0.05, 0) is 48.4 Å². The third kappa shape index (κ3) is 5.68. The van der Waals surface area contributed by atoms with Gasteiger partial charge in [0.25, 0.3) is 0 Å². The lowest BCUT2D eigenvalue weighted by atomic mass is 10.1. The average molecular weight is 467 g/mol. The van der Waals surface area contributed by atoms with Crippen molar-refractivity contribution in [3.63, 3.8) is 0 Å². The van der Waals surface area contributed by atoms with Crippen molar-refractivity contribution in [2.75, 3.05) is 13.7 Å². The Kier molecular flexibility index (Phi) is 7.43. The molecule has 1 N–H and O–H groups in total. The normalized spacial score (nSPS) is 11.0. The first-order valence-corrected chi connectivity index (χ1v) is 11.1. The first kappa shape index (κ1) is 22.3. The van der Waals surface area contributed by atoms with Crippen molar-refractivity contribution in [3.8, 4) is 17.0 Å². The maximum Gasteiger partial charge on any atom is 0.118 e. The molecule has 0 aliphatic rings. The number of nitrogens with one attached hydrogen (secondary N) is 1. The predicted octanol–water partition coefficient (Wildman–Crippen LogP) is 5.64. The second-order valence-electron chi connectivity index (χ2n) is 7.42. The Labute approximate surface area is 197 Å². The van der Waals surface area contributed by atoms with Crippen LogP contribution in [0.4, 0.5) is 0 Å². The first-order chi connectivity index (χ1) is 15.6. The van der Waals surface area contributed by atoms with Crippen LogP contribution >= 0.6 is 23.2 Å². The molecule has 164 valence electrons. The molecule has 0 fully saturated rings. The summed E-state index contributed by atoms with van der Waals surface area (Å²) in [7, 11) is 1.68. The highest BCUT2D eigenvalue weighted by Crippen LogP contribution is 2.24. The maximum absolute atomic E-state index is 6.17. The van der Waals surface area contributed by atoms with Crippen molar-refractivity contribution < 1.29 is 4.74 Å². The van der Waals surface area contributed by atoms with E-state index >= 15 is 0 Å². The number of nitrogens with zero attached hydrogens (tertiary/aromatic N) is 3. The van der Waals surface area contributed by atoms with Gasteiger partial charge in [0.15, 0.2) is 0 Å². The molecule has 0 bridgehead atoms. The van der Waals surface area contributed by atoms with Gasteiger partial charge in [0.05, 0.1) is 23.7 Å². The molecule has 5 nitrogen and oxygen atoms in total. The molecule has 7 heteroatoms. The van der Waals surface area contributed by atoms with Gasteiger partial charge in [-0.2, -0.15) is 15.0 Å². The smallest absolute Gasteiger partial charge is 0.118 e. The molecular weight excluding hydrogens is 443 g/mol. The molecule has 0 unspecified atom stereocenters. The van der Waals surface area contributed by atoms with Gasteiger partial charge in [-0.3, -0.25) is 0 Å². The van der Waals surface area contributed by atoms with Gasteiger partial charge >= 0.3 is 0 Å². The van der Waals surface area contributed by atoms with E-state index < -0.39 is 0 Å². The summed E-state index contributed by atoms with van der Waals surface area (Å²) in [6.45, 7) is 1.98. The lowest BCUT2D eigenvalue weighted by Crippen LogP contribution is -2.17. The van der Waals surface area contributed by atoms with Crippen LogP contribution in [0, 0.1) is 0 Å². The van der Waals surface area contributed by atoms with E-state index in [9.17, 15) is 0 Å². The Hall–Kier alpha value is -2.86. The van der Waals surface area contributed by atoms with Gasteiger partial charge < -0.3 is 10.1 Å². The fourth-order valence-corrected chi connectivity index (χ4v) is 3.75. The Bertz CT molecular complexity index is 1160. The van der Waals surface area contributed by atoms with Crippen LogP contribution in [0.2, 0.25) is 10.0 Å². The van der Waals surface area contributed by atoms with E-state index in [1.807, 2.05) is 54.6 Å².